The molecule has 2 aromatic carbocycles. The fourth-order valence-corrected chi connectivity index (χ4v) is 2.61. The van der Waals surface area contributed by atoms with Crippen molar-refractivity contribution in [1.29, 1.82) is 0 Å². The van der Waals surface area contributed by atoms with Crippen LogP contribution in [0.1, 0.15) is 18.0 Å². The van der Waals surface area contributed by atoms with E-state index in [4.69, 9.17) is 21.1 Å². The highest BCUT2D eigenvalue weighted by atomic mass is 35.5. The van der Waals surface area contributed by atoms with E-state index in [0.717, 1.165) is 11.3 Å². The molecule has 0 spiro atoms. The van der Waals surface area contributed by atoms with Crippen molar-refractivity contribution in [2.45, 2.75) is 12.5 Å². The van der Waals surface area contributed by atoms with Gasteiger partial charge in [-0.1, -0.05) is 29.8 Å². The lowest BCUT2D eigenvalue weighted by molar-refractivity contribution is -0.124. The third-order valence-corrected chi connectivity index (χ3v) is 3.84. The monoisotopic (exact) mass is 335 g/mol. The Balaban J connectivity index is 1.59. The predicted molar refractivity (Wildman–Crippen MR) is 84.3 cm³/mol. The van der Waals surface area contributed by atoms with Crippen molar-refractivity contribution < 1.29 is 18.7 Å². The molecule has 0 bridgehead atoms. The van der Waals surface area contributed by atoms with E-state index < -0.39 is 5.82 Å². The van der Waals surface area contributed by atoms with E-state index in [9.17, 15) is 9.18 Å². The Labute approximate surface area is 138 Å². The van der Waals surface area contributed by atoms with Gasteiger partial charge >= 0.3 is 0 Å². The van der Waals surface area contributed by atoms with Crippen LogP contribution >= 0.6 is 11.6 Å². The van der Waals surface area contributed by atoms with E-state index in [-0.39, 0.29) is 23.6 Å². The highest BCUT2D eigenvalue weighted by Gasteiger charge is 2.22. The van der Waals surface area contributed by atoms with Gasteiger partial charge in [0.2, 0.25) is 0 Å². The average Bonchev–Trinajstić information content (AvgIpc) is 2.56. The van der Waals surface area contributed by atoms with Crippen LogP contribution < -0.4 is 14.8 Å². The highest BCUT2D eigenvalue weighted by molar-refractivity contribution is 6.30. The maximum absolute atomic E-state index is 13.1. The fraction of sp³-hybridized carbons (Fsp3) is 0.235. The summed E-state index contributed by atoms with van der Waals surface area (Å²) in [6.07, 6.45) is 0.700. The summed E-state index contributed by atoms with van der Waals surface area (Å²) in [6, 6.07) is 11.5. The second kappa shape index (κ2) is 6.87. The molecule has 0 aliphatic carbocycles. The molecule has 23 heavy (non-hydrogen) atoms. The van der Waals surface area contributed by atoms with Gasteiger partial charge in [-0.05, 0) is 18.2 Å². The van der Waals surface area contributed by atoms with E-state index in [1.54, 1.807) is 0 Å². The number of benzene rings is 2. The minimum atomic E-state index is -0.526. The van der Waals surface area contributed by atoms with E-state index >= 15 is 0 Å². The molecule has 3 rings (SSSR count). The molecular formula is C17H15ClFNO3. The van der Waals surface area contributed by atoms with Crippen LogP contribution in [0, 0.1) is 5.82 Å². The van der Waals surface area contributed by atoms with Gasteiger partial charge in [-0.25, -0.2) is 4.39 Å². The van der Waals surface area contributed by atoms with Gasteiger partial charge in [0, 0.05) is 18.1 Å². The SMILES string of the molecule is O=C(COc1ccc(F)c(Cl)c1)N[C@H]1CCOc2ccccc21. The van der Waals surface area contributed by atoms with Crippen LogP contribution in [0.15, 0.2) is 42.5 Å². The summed E-state index contributed by atoms with van der Waals surface area (Å²) in [4.78, 5) is 12.1. The number of carbonyl (C=O) groups excluding carboxylic acids is 1. The normalized spacial score (nSPS) is 16.2. The van der Waals surface area contributed by atoms with Crippen molar-refractivity contribution in [1.82, 2.24) is 5.32 Å². The molecule has 0 fully saturated rings. The lowest BCUT2D eigenvalue weighted by Gasteiger charge is -2.26. The molecule has 0 saturated heterocycles. The number of fused-ring (bicyclic) bond motifs is 1. The first-order valence-corrected chi connectivity index (χ1v) is 7.60. The van der Waals surface area contributed by atoms with Crippen LogP contribution in [0.4, 0.5) is 4.39 Å². The van der Waals surface area contributed by atoms with Gasteiger partial charge in [0.1, 0.15) is 17.3 Å². The molecule has 120 valence electrons. The Morgan fingerprint density at radius 2 is 2.17 bits per heavy atom. The quantitative estimate of drug-likeness (QED) is 0.930. The molecule has 2 aromatic rings. The summed E-state index contributed by atoms with van der Waals surface area (Å²) in [5.41, 5.74) is 0.955. The van der Waals surface area contributed by atoms with Gasteiger partial charge in [-0.3, -0.25) is 4.79 Å². The predicted octanol–water partition coefficient (Wildman–Crippen LogP) is 3.50. The van der Waals surface area contributed by atoms with Crippen LogP contribution in [-0.4, -0.2) is 19.1 Å². The fourth-order valence-electron chi connectivity index (χ4n) is 2.44. The van der Waals surface area contributed by atoms with Gasteiger partial charge < -0.3 is 14.8 Å². The Morgan fingerprint density at radius 1 is 1.35 bits per heavy atom. The zero-order valence-corrected chi connectivity index (χ0v) is 13.0. The van der Waals surface area contributed by atoms with Crippen LogP contribution in [0.25, 0.3) is 0 Å². The van der Waals surface area contributed by atoms with Crippen molar-refractivity contribution in [2.24, 2.45) is 0 Å². The number of carbonyl (C=O) groups is 1. The van der Waals surface area contributed by atoms with Crippen molar-refractivity contribution in [3.05, 3.63) is 58.9 Å². The standard InChI is InChI=1S/C17H15ClFNO3/c18-13-9-11(5-6-14(13)19)23-10-17(21)20-15-7-8-22-16-4-2-1-3-12(15)16/h1-6,9,15H,7-8,10H2,(H,20,21)/t15-/m0/s1. The summed E-state index contributed by atoms with van der Waals surface area (Å²) in [7, 11) is 0. The smallest absolute Gasteiger partial charge is 0.258 e. The molecule has 4 nitrogen and oxygen atoms in total. The van der Waals surface area contributed by atoms with Gasteiger partial charge in [0.25, 0.3) is 5.91 Å². The molecule has 6 heteroatoms. The van der Waals surface area contributed by atoms with Gasteiger partial charge in [0.05, 0.1) is 17.7 Å². The number of halogens is 2. The van der Waals surface area contributed by atoms with Crippen LogP contribution in [0.5, 0.6) is 11.5 Å². The molecule has 0 radical (unpaired) electrons. The van der Waals surface area contributed by atoms with Crippen molar-refractivity contribution >= 4 is 17.5 Å². The topological polar surface area (TPSA) is 47.6 Å². The lowest BCUT2D eigenvalue weighted by atomic mass is 10.0. The number of hydrogen-bond acceptors (Lipinski definition) is 3. The Bertz CT molecular complexity index is 723. The third kappa shape index (κ3) is 3.74. The minimum absolute atomic E-state index is 0.0405. The lowest BCUT2D eigenvalue weighted by Crippen LogP contribution is -2.35. The first kappa shape index (κ1) is 15.6. The Kier molecular flexibility index (Phi) is 4.67. The summed E-state index contributed by atoms with van der Waals surface area (Å²) in [6.45, 7) is 0.387. The average molecular weight is 336 g/mol. The maximum Gasteiger partial charge on any atom is 0.258 e. The second-order valence-electron chi connectivity index (χ2n) is 5.16. The largest absolute Gasteiger partial charge is 0.493 e. The van der Waals surface area contributed by atoms with E-state index in [0.29, 0.717) is 18.8 Å². The number of hydrogen-bond donors (Lipinski definition) is 1. The number of amides is 1. The maximum atomic E-state index is 13.1. The van der Waals surface area contributed by atoms with Crippen LogP contribution in [0.2, 0.25) is 5.02 Å². The molecule has 1 aliphatic rings. The zero-order chi connectivity index (χ0) is 16.2. The Morgan fingerprint density at radius 3 is 3.00 bits per heavy atom. The van der Waals surface area contributed by atoms with Crippen LogP contribution in [0.3, 0.4) is 0 Å². The van der Waals surface area contributed by atoms with Gasteiger partial charge in [-0.15, -0.1) is 0 Å². The Hall–Kier alpha value is -2.27. The molecule has 1 atom stereocenters. The molecule has 0 aromatic heterocycles. The number of para-hydroxylation sites is 1. The van der Waals surface area contributed by atoms with Gasteiger partial charge in [0.15, 0.2) is 6.61 Å². The summed E-state index contributed by atoms with van der Waals surface area (Å²) < 4.78 is 24.0. The molecule has 1 heterocycles. The first-order valence-electron chi connectivity index (χ1n) is 7.22. The second-order valence-corrected chi connectivity index (χ2v) is 5.57. The summed E-state index contributed by atoms with van der Waals surface area (Å²) in [5, 5.41) is 2.88. The summed E-state index contributed by atoms with van der Waals surface area (Å²) >= 11 is 5.67. The van der Waals surface area contributed by atoms with Crippen LogP contribution in [-0.2, 0) is 4.79 Å². The number of nitrogens with one attached hydrogen (secondary N) is 1. The number of ether oxygens (including phenoxy) is 2. The molecule has 1 N–H and O–H groups in total. The molecule has 1 amide bonds. The van der Waals surface area contributed by atoms with E-state index in [1.165, 1.54) is 18.2 Å². The van der Waals surface area contributed by atoms with E-state index in [1.807, 2.05) is 24.3 Å². The van der Waals surface area contributed by atoms with Crippen molar-refractivity contribution in [2.75, 3.05) is 13.2 Å². The molecular weight excluding hydrogens is 321 g/mol. The highest BCUT2D eigenvalue weighted by Crippen LogP contribution is 2.31. The number of rotatable bonds is 4. The zero-order valence-electron chi connectivity index (χ0n) is 12.2. The van der Waals surface area contributed by atoms with Crippen molar-refractivity contribution in [3.8, 4) is 11.5 Å². The van der Waals surface area contributed by atoms with Gasteiger partial charge in [-0.2, -0.15) is 0 Å². The third-order valence-electron chi connectivity index (χ3n) is 3.55. The molecule has 1 aliphatic heterocycles. The minimum Gasteiger partial charge on any atom is -0.493 e. The van der Waals surface area contributed by atoms with E-state index in [2.05, 4.69) is 5.32 Å². The van der Waals surface area contributed by atoms with Crippen molar-refractivity contribution in [3.63, 3.8) is 0 Å². The first-order chi connectivity index (χ1) is 11.1. The molecule has 0 unspecified atom stereocenters. The summed E-state index contributed by atoms with van der Waals surface area (Å²) in [5.74, 6) is 0.351. The molecule has 0 saturated carbocycles.